The van der Waals surface area contributed by atoms with Gasteiger partial charge in [0.2, 0.25) is 0 Å². The van der Waals surface area contributed by atoms with Crippen LogP contribution in [0.5, 0.6) is 0 Å². The Morgan fingerprint density at radius 2 is 1.96 bits per heavy atom. The van der Waals surface area contributed by atoms with Gasteiger partial charge in [-0.25, -0.2) is 0 Å². The fourth-order valence-corrected chi connectivity index (χ4v) is 5.65. The van der Waals surface area contributed by atoms with Crippen LogP contribution in [0.15, 0.2) is 11.4 Å². The number of aliphatic hydroxyl groups is 1. The Kier molecular flexibility index (Phi) is 4.74. The lowest BCUT2D eigenvalue weighted by atomic mass is 9.77. The molecular formula is C18H28N2O2S. The van der Waals surface area contributed by atoms with Gasteiger partial charge in [0.25, 0.3) is 0 Å². The zero-order chi connectivity index (χ0) is 15.8. The summed E-state index contributed by atoms with van der Waals surface area (Å²) in [6, 6.07) is 2.57. The summed E-state index contributed by atoms with van der Waals surface area (Å²) in [4.78, 5) is 6.59. The van der Waals surface area contributed by atoms with Gasteiger partial charge in [0, 0.05) is 43.6 Å². The minimum atomic E-state index is -0.155. The summed E-state index contributed by atoms with van der Waals surface area (Å²) in [5, 5.41) is 12.9. The van der Waals surface area contributed by atoms with Gasteiger partial charge in [-0.05, 0) is 48.6 Å². The van der Waals surface area contributed by atoms with E-state index in [1.807, 2.05) is 11.3 Å². The second kappa shape index (κ2) is 6.81. The van der Waals surface area contributed by atoms with Gasteiger partial charge < -0.3 is 9.84 Å². The molecule has 1 saturated carbocycles. The topological polar surface area (TPSA) is 35.9 Å². The van der Waals surface area contributed by atoms with Crippen molar-refractivity contribution in [1.82, 2.24) is 9.80 Å². The molecule has 0 aromatic carbocycles. The molecule has 128 valence electrons. The van der Waals surface area contributed by atoms with Gasteiger partial charge in [-0.15, -0.1) is 11.3 Å². The third-order valence-corrected chi connectivity index (χ3v) is 7.04. The lowest BCUT2D eigenvalue weighted by Gasteiger charge is -2.43. The van der Waals surface area contributed by atoms with Crippen molar-refractivity contribution in [3.63, 3.8) is 0 Å². The molecule has 0 radical (unpaired) electrons. The Hall–Kier alpha value is -0.460. The molecule has 4 rings (SSSR count). The zero-order valence-electron chi connectivity index (χ0n) is 14.0. The SMILES string of the molecule is Cc1ccsc1CN1C[C@H]2C[C@@H](N3CCOCC3)[C@H](O)C[C@H]2C1. The van der Waals surface area contributed by atoms with Gasteiger partial charge in [-0.1, -0.05) is 0 Å². The molecule has 3 aliphatic rings. The Labute approximate surface area is 143 Å². The van der Waals surface area contributed by atoms with Crippen molar-refractivity contribution < 1.29 is 9.84 Å². The molecule has 4 atom stereocenters. The third kappa shape index (κ3) is 3.35. The zero-order valence-corrected chi connectivity index (χ0v) is 14.8. The second-order valence-electron chi connectivity index (χ2n) is 7.50. The molecule has 0 bridgehead atoms. The number of thiophene rings is 1. The number of hydrogen-bond acceptors (Lipinski definition) is 5. The maximum atomic E-state index is 10.7. The number of ether oxygens (including phenoxy) is 1. The van der Waals surface area contributed by atoms with Crippen molar-refractivity contribution in [3.8, 4) is 0 Å². The molecule has 0 unspecified atom stereocenters. The Balaban J connectivity index is 1.38. The van der Waals surface area contributed by atoms with Crippen LogP contribution in [0.25, 0.3) is 0 Å². The monoisotopic (exact) mass is 336 g/mol. The molecular weight excluding hydrogens is 308 g/mol. The number of hydrogen-bond donors (Lipinski definition) is 1. The van der Waals surface area contributed by atoms with E-state index in [-0.39, 0.29) is 6.10 Å². The van der Waals surface area contributed by atoms with E-state index in [1.165, 1.54) is 17.0 Å². The first kappa shape index (κ1) is 16.0. The molecule has 1 N–H and O–H groups in total. The van der Waals surface area contributed by atoms with E-state index in [4.69, 9.17) is 4.74 Å². The Bertz CT molecular complexity index is 529. The number of rotatable bonds is 3. The summed E-state index contributed by atoms with van der Waals surface area (Å²) < 4.78 is 5.47. The summed E-state index contributed by atoms with van der Waals surface area (Å²) in [6.45, 7) is 9.28. The van der Waals surface area contributed by atoms with Crippen LogP contribution < -0.4 is 0 Å². The first-order valence-corrected chi connectivity index (χ1v) is 9.84. The second-order valence-corrected chi connectivity index (χ2v) is 8.50. The van der Waals surface area contributed by atoms with Crippen LogP contribution in [0.3, 0.4) is 0 Å². The van der Waals surface area contributed by atoms with Crippen molar-refractivity contribution >= 4 is 11.3 Å². The van der Waals surface area contributed by atoms with Gasteiger partial charge in [-0.3, -0.25) is 9.80 Å². The van der Waals surface area contributed by atoms with Crippen LogP contribution in [0.4, 0.5) is 0 Å². The van der Waals surface area contributed by atoms with Crippen LogP contribution in [-0.4, -0.2) is 66.4 Å². The van der Waals surface area contributed by atoms with E-state index in [0.717, 1.165) is 58.2 Å². The lowest BCUT2D eigenvalue weighted by Crippen LogP contribution is -2.53. The minimum Gasteiger partial charge on any atom is -0.391 e. The molecule has 1 aromatic heterocycles. The molecule has 0 spiro atoms. The fourth-order valence-electron chi connectivity index (χ4n) is 4.70. The summed E-state index contributed by atoms with van der Waals surface area (Å²) in [5.74, 6) is 1.44. The number of aryl methyl sites for hydroxylation is 1. The molecule has 3 fully saturated rings. The van der Waals surface area contributed by atoms with E-state index in [0.29, 0.717) is 12.0 Å². The summed E-state index contributed by atoms with van der Waals surface area (Å²) >= 11 is 1.88. The highest BCUT2D eigenvalue weighted by atomic mass is 32.1. The van der Waals surface area contributed by atoms with E-state index < -0.39 is 0 Å². The molecule has 0 amide bonds. The standard InChI is InChI=1S/C18H28N2O2S/c1-13-2-7-23-18(13)12-19-10-14-8-16(17(21)9-15(14)11-19)20-3-5-22-6-4-20/h2,7,14-17,21H,3-6,8-12H2,1H3/t14-,15+,16-,17-/m1/s1. The van der Waals surface area contributed by atoms with Crippen molar-refractivity contribution in [2.45, 2.75) is 38.5 Å². The van der Waals surface area contributed by atoms with Crippen molar-refractivity contribution in [3.05, 3.63) is 21.9 Å². The minimum absolute atomic E-state index is 0.155. The van der Waals surface area contributed by atoms with Gasteiger partial charge >= 0.3 is 0 Å². The molecule has 2 aliphatic heterocycles. The molecule has 1 aromatic rings. The number of morpholine rings is 1. The van der Waals surface area contributed by atoms with Crippen molar-refractivity contribution in [1.29, 1.82) is 0 Å². The van der Waals surface area contributed by atoms with Crippen LogP contribution in [0.2, 0.25) is 0 Å². The number of fused-ring (bicyclic) bond motifs is 1. The van der Waals surface area contributed by atoms with E-state index in [2.05, 4.69) is 28.2 Å². The highest BCUT2D eigenvalue weighted by Crippen LogP contribution is 2.39. The largest absolute Gasteiger partial charge is 0.391 e. The van der Waals surface area contributed by atoms with Crippen LogP contribution in [0, 0.1) is 18.8 Å². The van der Waals surface area contributed by atoms with Crippen molar-refractivity contribution in [2.24, 2.45) is 11.8 Å². The first-order valence-electron chi connectivity index (χ1n) is 8.96. The normalized spacial score (nSPS) is 36.3. The van der Waals surface area contributed by atoms with Gasteiger partial charge in [-0.2, -0.15) is 0 Å². The molecule has 2 saturated heterocycles. The van der Waals surface area contributed by atoms with Gasteiger partial charge in [0.05, 0.1) is 19.3 Å². The molecule has 4 nitrogen and oxygen atoms in total. The van der Waals surface area contributed by atoms with E-state index >= 15 is 0 Å². The van der Waals surface area contributed by atoms with Gasteiger partial charge in [0.1, 0.15) is 0 Å². The highest BCUT2D eigenvalue weighted by molar-refractivity contribution is 7.10. The third-order valence-electron chi connectivity index (χ3n) is 6.03. The number of nitrogens with zero attached hydrogens (tertiary/aromatic N) is 2. The quantitative estimate of drug-likeness (QED) is 0.915. The van der Waals surface area contributed by atoms with Crippen LogP contribution in [0.1, 0.15) is 23.3 Å². The summed E-state index contributed by atoms with van der Waals surface area (Å²) in [7, 11) is 0. The smallest absolute Gasteiger partial charge is 0.0698 e. The molecule has 1 aliphatic carbocycles. The maximum absolute atomic E-state index is 10.7. The Morgan fingerprint density at radius 1 is 1.22 bits per heavy atom. The van der Waals surface area contributed by atoms with E-state index in [1.54, 1.807) is 0 Å². The van der Waals surface area contributed by atoms with E-state index in [9.17, 15) is 5.11 Å². The predicted octanol–water partition coefficient (Wildman–Crippen LogP) is 1.96. The van der Waals surface area contributed by atoms with Crippen LogP contribution in [-0.2, 0) is 11.3 Å². The lowest BCUT2D eigenvalue weighted by molar-refractivity contribution is -0.0520. The number of aliphatic hydroxyl groups excluding tert-OH is 1. The average molecular weight is 337 g/mol. The first-order chi connectivity index (χ1) is 11.2. The fraction of sp³-hybridized carbons (Fsp3) is 0.778. The van der Waals surface area contributed by atoms with Crippen molar-refractivity contribution in [2.75, 3.05) is 39.4 Å². The summed E-state index contributed by atoms with van der Waals surface area (Å²) in [6.07, 6.45) is 1.98. The summed E-state index contributed by atoms with van der Waals surface area (Å²) in [5.41, 5.74) is 1.43. The average Bonchev–Trinajstić information content (AvgIpc) is 3.13. The number of likely N-dealkylation sites (tertiary alicyclic amines) is 1. The molecule has 23 heavy (non-hydrogen) atoms. The predicted molar refractivity (Wildman–Crippen MR) is 92.7 cm³/mol. The molecule has 5 heteroatoms. The maximum Gasteiger partial charge on any atom is 0.0698 e. The van der Waals surface area contributed by atoms with Gasteiger partial charge in [0.15, 0.2) is 0 Å². The molecule has 3 heterocycles. The Morgan fingerprint density at radius 3 is 2.65 bits per heavy atom. The highest BCUT2D eigenvalue weighted by Gasteiger charge is 2.43. The van der Waals surface area contributed by atoms with Crippen LogP contribution >= 0.6 is 11.3 Å².